The molecule has 0 heterocycles. The average Bonchev–Trinajstić information content (AvgIpc) is 2.50. The quantitative estimate of drug-likeness (QED) is 0.566. The molecule has 2 heteroatoms. The zero-order valence-electron chi connectivity index (χ0n) is 11.7. The van der Waals surface area contributed by atoms with E-state index in [1.165, 1.54) is 0 Å². The predicted molar refractivity (Wildman–Crippen MR) is 88.1 cm³/mol. The molecule has 21 heavy (non-hydrogen) atoms. The average molecular weight is 295 g/mol. The van der Waals surface area contributed by atoms with Crippen molar-refractivity contribution in [1.82, 2.24) is 0 Å². The Labute approximate surface area is 129 Å². The first kappa shape index (κ1) is 13.7. The van der Waals surface area contributed by atoms with Gasteiger partial charge in [-0.15, -0.1) is 0 Å². The fourth-order valence-corrected chi connectivity index (χ4v) is 2.67. The molecule has 0 N–H and O–H groups in total. The Bertz CT molecular complexity index is 730. The first-order valence-electron chi connectivity index (χ1n) is 6.83. The van der Waals surface area contributed by atoms with Gasteiger partial charge >= 0.3 is 0 Å². The molecule has 0 atom stereocenters. The molecule has 3 aromatic rings. The summed E-state index contributed by atoms with van der Waals surface area (Å²) in [5, 5.41) is 0.735. The number of ether oxygens (including phenoxy) is 1. The third-order valence-corrected chi connectivity index (χ3v) is 3.66. The Balaban J connectivity index is 2.08. The topological polar surface area (TPSA) is 9.23 Å². The third kappa shape index (κ3) is 2.93. The van der Waals surface area contributed by atoms with Gasteiger partial charge in [0.15, 0.2) is 0 Å². The van der Waals surface area contributed by atoms with E-state index in [0.29, 0.717) is 0 Å². The molecule has 0 bridgehead atoms. The van der Waals surface area contributed by atoms with E-state index in [-0.39, 0.29) is 0 Å². The Hall–Kier alpha value is -2.25. The van der Waals surface area contributed by atoms with Crippen molar-refractivity contribution in [2.45, 2.75) is 6.92 Å². The minimum atomic E-state index is 0.735. The molecule has 0 aliphatic heterocycles. The molecule has 104 valence electrons. The summed E-state index contributed by atoms with van der Waals surface area (Å²) in [7, 11) is 0. The van der Waals surface area contributed by atoms with Crippen molar-refractivity contribution in [1.29, 1.82) is 0 Å². The SMILES string of the molecule is Cc1cccc(Cl)c1-c1ccccc1Oc1ccccc1. The maximum Gasteiger partial charge on any atom is 0.135 e. The van der Waals surface area contributed by atoms with Crippen molar-refractivity contribution in [2.75, 3.05) is 0 Å². The van der Waals surface area contributed by atoms with Gasteiger partial charge in [-0.25, -0.2) is 0 Å². The summed E-state index contributed by atoms with van der Waals surface area (Å²) >= 11 is 6.38. The van der Waals surface area contributed by atoms with Crippen molar-refractivity contribution in [3.05, 3.63) is 83.4 Å². The van der Waals surface area contributed by atoms with Crippen LogP contribution in [0.15, 0.2) is 72.8 Å². The zero-order chi connectivity index (χ0) is 14.7. The van der Waals surface area contributed by atoms with Crippen molar-refractivity contribution in [3.63, 3.8) is 0 Å². The van der Waals surface area contributed by atoms with Crippen LogP contribution >= 0.6 is 11.6 Å². The molecule has 1 nitrogen and oxygen atoms in total. The van der Waals surface area contributed by atoms with E-state index in [9.17, 15) is 0 Å². The summed E-state index contributed by atoms with van der Waals surface area (Å²) in [5.41, 5.74) is 3.15. The lowest BCUT2D eigenvalue weighted by Crippen LogP contribution is -1.90. The second-order valence-corrected chi connectivity index (χ2v) is 5.25. The minimum absolute atomic E-state index is 0.735. The number of halogens is 1. The van der Waals surface area contributed by atoms with Crippen LogP contribution in [0.2, 0.25) is 5.02 Å². The summed E-state index contributed by atoms with van der Waals surface area (Å²) in [6.45, 7) is 2.06. The number of aryl methyl sites for hydroxylation is 1. The second kappa shape index (κ2) is 6.02. The van der Waals surface area contributed by atoms with Crippen LogP contribution < -0.4 is 4.74 Å². The molecule has 0 aliphatic rings. The minimum Gasteiger partial charge on any atom is -0.457 e. The van der Waals surface area contributed by atoms with Crippen LogP contribution in [0.3, 0.4) is 0 Å². The third-order valence-electron chi connectivity index (χ3n) is 3.35. The Morgan fingerprint density at radius 3 is 2.24 bits per heavy atom. The zero-order valence-corrected chi connectivity index (χ0v) is 12.5. The van der Waals surface area contributed by atoms with Crippen molar-refractivity contribution in [3.8, 4) is 22.6 Å². The van der Waals surface area contributed by atoms with Gasteiger partial charge in [-0.1, -0.05) is 60.1 Å². The first-order valence-corrected chi connectivity index (χ1v) is 7.21. The van der Waals surface area contributed by atoms with Gasteiger partial charge in [0, 0.05) is 16.1 Å². The normalized spacial score (nSPS) is 10.4. The molecular weight excluding hydrogens is 280 g/mol. The molecule has 0 saturated heterocycles. The largest absolute Gasteiger partial charge is 0.457 e. The second-order valence-electron chi connectivity index (χ2n) is 4.84. The van der Waals surface area contributed by atoms with Crippen LogP contribution in [0.1, 0.15) is 5.56 Å². The van der Waals surface area contributed by atoms with Crippen LogP contribution in [-0.4, -0.2) is 0 Å². The fourth-order valence-electron chi connectivity index (χ4n) is 2.35. The summed E-state index contributed by atoms with van der Waals surface area (Å²) in [6.07, 6.45) is 0. The van der Waals surface area contributed by atoms with E-state index in [2.05, 4.69) is 13.0 Å². The van der Waals surface area contributed by atoms with E-state index in [1.54, 1.807) is 0 Å². The van der Waals surface area contributed by atoms with Crippen LogP contribution in [0.5, 0.6) is 11.5 Å². The summed E-state index contributed by atoms with van der Waals surface area (Å²) < 4.78 is 6.02. The number of rotatable bonds is 3. The molecule has 0 amide bonds. The summed E-state index contributed by atoms with van der Waals surface area (Å²) in [4.78, 5) is 0. The van der Waals surface area contributed by atoms with E-state index in [4.69, 9.17) is 16.3 Å². The summed E-state index contributed by atoms with van der Waals surface area (Å²) in [5.74, 6) is 1.62. The Morgan fingerprint density at radius 2 is 1.48 bits per heavy atom. The molecule has 0 saturated carbocycles. The highest BCUT2D eigenvalue weighted by Crippen LogP contribution is 2.38. The Kier molecular flexibility index (Phi) is 3.94. The maximum atomic E-state index is 6.38. The molecular formula is C19H15ClO. The van der Waals surface area contributed by atoms with Gasteiger partial charge in [-0.2, -0.15) is 0 Å². The van der Waals surface area contributed by atoms with Crippen LogP contribution in [0.25, 0.3) is 11.1 Å². The van der Waals surface area contributed by atoms with E-state index < -0.39 is 0 Å². The molecule has 0 unspecified atom stereocenters. The van der Waals surface area contributed by atoms with Gasteiger partial charge in [0.1, 0.15) is 11.5 Å². The van der Waals surface area contributed by atoms with E-state index in [1.807, 2.05) is 66.7 Å². The molecule has 0 aromatic heterocycles. The predicted octanol–water partition coefficient (Wildman–Crippen LogP) is 6.11. The van der Waals surface area contributed by atoms with Gasteiger partial charge in [-0.3, -0.25) is 0 Å². The highest BCUT2D eigenvalue weighted by atomic mass is 35.5. The number of benzene rings is 3. The van der Waals surface area contributed by atoms with E-state index in [0.717, 1.165) is 33.2 Å². The van der Waals surface area contributed by atoms with Gasteiger partial charge < -0.3 is 4.74 Å². The highest BCUT2D eigenvalue weighted by molar-refractivity contribution is 6.33. The highest BCUT2D eigenvalue weighted by Gasteiger charge is 2.12. The molecule has 3 rings (SSSR count). The Morgan fingerprint density at radius 1 is 0.762 bits per heavy atom. The van der Waals surface area contributed by atoms with Gasteiger partial charge in [0.05, 0.1) is 0 Å². The standard InChI is InChI=1S/C19H15ClO/c1-14-8-7-12-17(20)19(14)16-11-5-6-13-18(16)21-15-9-3-2-4-10-15/h2-13H,1H3. The maximum absolute atomic E-state index is 6.38. The van der Waals surface area contributed by atoms with Gasteiger partial charge in [0.2, 0.25) is 0 Å². The number of hydrogen-bond donors (Lipinski definition) is 0. The molecule has 3 aromatic carbocycles. The molecule has 0 aliphatic carbocycles. The summed E-state index contributed by atoms with van der Waals surface area (Å²) in [6, 6.07) is 23.6. The van der Waals surface area contributed by atoms with Crippen LogP contribution in [-0.2, 0) is 0 Å². The molecule has 0 radical (unpaired) electrons. The first-order chi connectivity index (χ1) is 10.3. The van der Waals surface area contributed by atoms with Gasteiger partial charge in [-0.05, 0) is 36.8 Å². The van der Waals surface area contributed by atoms with Crippen molar-refractivity contribution in [2.24, 2.45) is 0 Å². The lowest BCUT2D eigenvalue weighted by molar-refractivity contribution is 0.484. The lowest BCUT2D eigenvalue weighted by Gasteiger charge is -2.14. The lowest BCUT2D eigenvalue weighted by atomic mass is 10.00. The fraction of sp³-hybridized carbons (Fsp3) is 0.0526. The number of hydrogen-bond acceptors (Lipinski definition) is 1. The smallest absolute Gasteiger partial charge is 0.135 e. The van der Waals surface area contributed by atoms with Gasteiger partial charge in [0.25, 0.3) is 0 Å². The van der Waals surface area contributed by atoms with Crippen LogP contribution in [0.4, 0.5) is 0 Å². The monoisotopic (exact) mass is 294 g/mol. The van der Waals surface area contributed by atoms with Crippen molar-refractivity contribution >= 4 is 11.6 Å². The molecule has 0 spiro atoms. The van der Waals surface area contributed by atoms with E-state index >= 15 is 0 Å². The number of para-hydroxylation sites is 2. The van der Waals surface area contributed by atoms with Crippen LogP contribution in [0, 0.1) is 6.92 Å². The van der Waals surface area contributed by atoms with Crippen molar-refractivity contribution < 1.29 is 4.74 Å². The molecule has 0 fully saturated rings.